The Hall–Kier alpha value is -3.21. The van der Waals surface area contributed by atoms with Gasteiger partial charge in [-0.2, -0.15) is 5.10 Å². The molecule has 3 aromatic rings. The van der Waals surface area contributed by atoms with Crippen LogP contribution in [-0.2, 0) is 11.8 Å². The van der Waals surface area contributed by atoms with Gasteiger partial charge in [0.25, 0.3) is 5.91 Å². The molecule has 28 heavy (non-hydrogen) atoms. The molecule has 0 aliphatic heterocycles. The fraction of sp³-hybridized carbons (Fsp3) is 0.217. The summed E-state index contributed by atoms with van der Waals surface area (Å²) >= 11 is 0. The summed E-state index contributed by atoms with van der Waals surface area (Å²) in [5.74, 6) is -0.399. The van der Waals surface area contributed by atoms with Gasteiger partial charge in [0.1, 0.15) is 5.82 Å². The standard InChI is InChI=1S/C23H20FN3O/c24-17-8-4-7-16(13-17)23(15-5-2-1-3-6-15)12-11-19-20(14-23)26-27-21(19)22(28)25-18-9-10-18/h1-8,11-13,18H,9-10,14H2,(H,25,28)(H,26,27). The summed E-state index contributed by atoms with van der Waals surface area (Å²) in [6, 6.07) is 17.1. The molecule has 5 heteroatoms. The van der Waals surface area contributed by atoms with Crippen LogP contribution < -0.4 is 5.32 Å². The zero-order valence-electron chi connectivity index (χ0n) is 15.3. The molecule has 2 aliphatic carbocycles. The number of hydrogen-bond donors (Lipinski definition) is 2. The molecule has 2 N–H and O–H groups in total. The fourth-order valence-corrected chi connectivity index (χ4v) is 3.98. The lowest BCUT2D eigenvalue weighted by Gasteiger charge is -2.34. The Morgan fingerprint density at radius 1 is 1.11 bits per heavy atom. The molecule has 140 valence electrons. The minimum atomic E-state index is -0.521. The molecule has 4 nitrogen and oxygen atoms in total. The number of fused-ring (bicyclic) bond motifs is 1. The minimum absolute atomic E-state index is 0.136. The van der Waals surface area contributed by atoms with Crippen molar-refractivity contribution < 1.29 is 9.18 Å². The first kappa shape index (κ1) is 16.9. The van der Waals surface area contributed by atoms with Gasteiger partial charge in [-0.15, -0.1) is 0 Å². The predicted octanol–water partition coefficient (Wildman–Crippen LogP) is 4.00. The number of carbonyl (C=O) groups is 1. The highest BCUT2D eigenvalue weighted by Gasteiger charge is 2.37. The molecular formula is C23H20FN3O. The van der Waals surface area contributed by atoms with Crippen molar-refractivity contribution in [2.75, 3.05) is 0 Å². The molecule has 0 saturated heterocycles. The van der Waals surface area contributed by atoms with E-state index in [1.165, 1.54) is 6.07 Å². The maximum Gasteiger partial charge on any atom is 0.272 e. The van der Waals surface area contributed by atoms with Crippen molar-refractivity contribution in [3.05, 3.63) is 94.6 Å². The van der Waals surface area contributed by atoms with Crippen LogP contribution in [0.25, 0.3) is 6.08 Å². The van der Waals surface area contributed by atoms with Gasteiger partial charge in [0.05, 0.1) is 0 Å². The smallest absolute Gasteiger partial charge is 0.272 e. The molecule has 1 aromatic heterocycles. The van der Waals surface area contributed by atoms with E-state index in [4.69, 9.17) is 0 Å². The largest absolute Gasteiger partial charge is 0.348 e. The molecule has 0 radical (unpaired) electrons. The summed E-state index contributed by atoms with van der Waals surface area (Å²) in [5.41, 5.74) is 3.56. The number of aromatic nitrogens is 2. The number of benzene rings is 2. The number of allylic oxidation sites excluding steroid dienone is 1. The van der Waals surface area contributed by atoms with E-state index in [2.05, 4.69) is 33.7 Å². The molecule has 1 heterocycles. The van der Waals surface area contributed by atoms with Crippen molar-refractivity contribution >= 4 is 12.0 Å². The lowest BCUT2D eigenvalue weighted by Crippen LogP contribution is -2.31. The number of carbonyl (C=O) groups excluding carboxylic acids is 1. The van der Waals surface area contributed by atoms with E-state index in [1.54, 1.807) is 12.1 Å². The van der Waals surface area contributed by atoms with E-state index in [-0.39, 0.29) is 17.8 Å². The van der Waals surface area contributed by atoms with Crippen molar-refractivity contribution in [2.45, 2.75) is 30.7 Å². The first-order chi connectivity index (χ1) is 13.7. The van der Waals surface area contributed by atoms with Crippen LogP contribution in [-0.4, -0.2) is 22.1 Å². The fourth-order valence-electron chi connectivity index (χ4n) is 3.98. The third-order valence-corrected chi connectivity index (χ3v) is 5.63. The Morgan fingerprint density at radius 2 is 1.89 bits per heavy atom. The second-order valence-electron chi connectivity index (χ2n) is 7.57. The summed E-state index contributed by atoms with van der Waals surface area (Å²) in [6.45, 7) is 0. The Morgan fingerprint density at radius 3 is 2.64 bits per heavy atom. The molecule has 1 unspecified atom stereocenters. The van der Waals surface area contributed by atoms with E-state index >= 15 is 0 Å². The molecule has 2 aromatic carbocycles. The number of halogens is 1. The average Bonchev–Trinajstić information content (AvgIpc) is 3.43. The predicted molar refractivity (Wildman–Crippen MR) is 105 cm³/mol. The number of aromatic amines is 1. The Balaban J connectivity index is 1.59. The van der Waals surface area contributed by atoms with E-state index in [0.717, 1.165) is 35.2 Å². The topological polar surface area (TPSA) is 57.8 Å². The van der Waals surface area contributed by atoms with E-state index in [9.17, 15) is 9.18 Å². The average molecular weight is 373 g/mol. The molecule has 1 amide bonds. The molecule has 0 spiro atoms. The highest BCUT2D eigenvalue weighted by Crippen LogP contribution is 2.41. The first-order valence-electron chi connectivity index (χ1n) is 9.55. The van der Waals surface area contributed by atoms with Crippen molar-refractivity contribution in [3.8, 4) is 0 Å². The van der Waals surface area contributed by atoms with Crippen LogP contribution in [0.2, 0.25) is 0 Å². The highest BCUT2D eigenvalue weighted by atomic mass is 19.1. The number of amides is 1. The number of hydrogen-bond acceptors (Lipinski definition) is 2. The number of rotatable bonds is 4. The maximum absolute atomic E-state index is 14.0. The van der Waals surface area contributed by atoms with Crippen molar-refractivity contribution in [2.24, 2.45) is 0 Å². The quantitative estimate of drug-likeness (QED) is 0.726. The summed E-state index contributed by atoms with van der Waals surface area (Å²) in [7, 11) is 0. The molecule has 5 rings (SSSR count). The number of H-pyrrole nitrogens is 1. The van der Waals surface area contributed by atoms with Gasteiger partial charge < -0.3 is 5.32 Å². The molecular weight excluding hydrogens is 353 g/mol. The van der Waals surface area contributed by atoms with Crippen molar-refractivity contribution in [1.29, 1.82) is 0 Å². The minimum Gasteiger partial charge on any atom is -0.348 e. The SMILES string of the molecule is O=C(NC1CC1)c1n[nH]c2c1C=CC(c1ccccc1)(c1cccc(F)c1)C2. The third-order valence-electron chi connectivity index (χ3n) is 5.63. The molecule has 1 atom stereocenters. The summed E-state index contributed by atoms with van der Waals surface area (Å²) in [4.78, 5) is 12.5. The zero-order chi connectivity index (χ0) is 19.1. The summed E-state index contributed by atoms with van der Waals surface area (Å²) < 4.78 is 14.0. The summed E-state index contributed by atoms with van der Waals surface area (Å²) in [5, 5.41) is 10.3. The maximum atomic E-state index is 14.0. The Kier molecular flexibility index (Phi) is 3.90. The van der Waals surface area contributed by atoms with E-state index in [0.29, 0.717) is 12.1 Å². The summed E-state index contributed by atoms with van der Waals surface area (Å²) in [6.07, 6.45) is 6.66. The van der Waals surface area contributed by atoms with Gasteiger partial charge in [0, 0.05) is 29.1 Å². The van der Waals surface area contributed by atoms with E-state index in [1.807, 2.05) is 30.3 Å². The van der Waals surface area contributed by atoms with E-state index < -0.39 is 5.41 Å². The zero-order valence-corrected chi connectivity index (χ0v) is 15.3. The van der Waals surface area contributed by atoms with Crippen LogP contribution in [0, 0.1) is 5.82 Å². The molecule has 1 fully saturated rings. The van der Waals surface area contributed by atoms with Gasteiger partial charge in [0.2, 0.25) is 0 Å². The lowest BCUT2D eigenvalue weighted by atomic mass is 9.68. The van der Waals surface area contributed by atoms with Crippen LogP contribution in [0.15, 0.2) is 60.7 Å². The normalized spacial score (nSPS) is 20.6. The van der Waals surface area contributed by atoms with Gasteiger partial charge in [-0.3, -0.25) is 9.89 Å². The number of nitrogens with one attached hydrogen (secondary N) is 2. The van der Waals surface area contributed by atoms with Gasteiger partial charge >= 0.3 is 0 Å². The first-order valence-corrected chi connectivity index (χ1v) is 9.55. The van der Waals surface area contributed by atoms with Crippen LogP contribution >= 0.6 is 0 Å². The van der Waals surface area contributed by atoms with Crippen molar-refractivity contribution in [1.82, 2.24) is 15.5 Å². The molecule has 2 aliphatic rings. The van der Waals surface area contributed by atoms with Crippen molar-refractivity contribution in [3.63, 3.8) is 0 Å². The highest BCUT2D eigenvalue weighted by molar-refractivity contribution is 5.97. The third kappa shape index (κ3) is 2.83. The van der Waals surface area contributed by atoms with Gasteiger partial charge in [-0.25, -0.2) is 4.39 Å². The van der Waals surface area contributed by atoms with Crippen LogP contribution in [0.3, 0.4) is 0 Å². The van der Waals surface area contributed by atoms with Crippen LogP contribution in [0.5, 0.6) is 0 Å². The Bertz CT molecular complexity index is 1070. The number of nitrogens with zero attached hydrogens (tertiary/aromatic N) is 1. The van der Waals surface area contributed by atoms with Crippen LogP contribution in [0.4, 0.5) is 4.39 Å². The van der Waals surface area contributed by atoms with Gasteiger partial charge in [0.15, 0.2) is 5.69 Å². The molecule has 1 saturated carbocycles. The second kappa shape index (κ2) is 6.44. The van der Waals surface area contributed by atoms with Gasteiger partial charge in [-0.05, 0) is 36.1 Å². The Labute approximate surface area is 162 Å². The van der Waals surface area contributed by atoms with Crippen LogP contribution in [0.1, 0.15) is 45.7 Å². The second-order valence-corrected chi connectivity index (χ2v) is 7.57. The lowest BCUT2D eigenvalue weighted by molar-refractivity contribution is 0.0946. The monoisotopic (exact) mass is 373 g/mol. The molecule has 0 bridgehead atoms. The van der Waals surface area contributed by atoms with Gasteiger partial charge in [-0.1, -0.05) is 54.6 Å².